The van der Waals surface area contributed by atoms with Crippen LogP contribution in [0, 0.1) is 0 Å². The van der Waals surface area contributed by atoms with Gasteiger partial charge in [0, 0.05) is 18.4 Å². The Balaban J connectivity index is 1.75. The number of carbonyl (C=O) groups is 1. The van der Waals surface area contributed by atoms with Gasteiger partial charge in [-0.1, -0.05) is 17.8 Å². The summed E-state index contributed by atoms with van der Waals surface area (Å²) in [7, 11) is 0. The number of nitrogens with zero attached hydrogens (tertiary/aromatic N) is 4. The maximum absolute atomic E-state index is 13.0. The summed E-state index contributed by atoms with van der Waals surface area (Å²) >= 11 is 0.939. The van der Waals surface area contributed by atoms with Gasteiger partial charge in [-0.05, 0) is 37.3 Å². The lowest BCUT2D eigenvalue weighted by Gasteiger charge is -2.14. The highest BCUT2D eigenvalue weighted by molar-refractivity contribution is 7.99. The molecule has 32 heavy (non-hydrogen) atoms. The predicted molar refractivity (Wildman–Crippen MR) is 105 cm³/mol. The molecule has 0 aliphatic rings. The lowest BCUT2D eigenvalue weighted by Crippen LogP contribution is -2.17. The first kappa shape index (κ1) is 23.6. The topological polar surface area (TPSA) is 72.7 Å². The monoisotopic (exact) mass is 475 g/mol. The molecule has 1 aromatic carbocycles. The van der Waals surface area contributed by atoms with E-state index in [0.717, 1.165) is 11.8 Å². The summed E-state index contributed by atoms with van der Waals surface area (Å²) in [6.45, 7) is 2.27. The van der Waals surface area contributed by atoms with E-state index in [2.05, 4.69) is 20.5 Å². The maximum atomic E-state index is 13.0. The van der Waals surface area contributed by atoms with E-state index in [-0.39, 0.29) is 11.8 Å². The first-order valence-corrected chi connectivity index (χ1v) is 10.0. The molecule has 0 saturated heterocycles. The van der Waals surface area contributed by atoms with Crippen LogP contribution < -0.4 is 5.32 Å². The number of alkyl halides is 6. The van der Waals surface area contributed by atoms with Gasteiger partial charge in [-0.3, -0.25) is 9.78 Å². The molecule has 0 spiro atoms. The van der Waals surface area contributed by atoms with Crippen LogP contribution in [-0.4, -0.2) is 31.4 Å². The number of nitrogens with one attached hydrogen (secondary N) is 1. The Bertz CT molecular complexity index is 1070. The van der Waals surface area contributed by atoms with Gasteiger partial charge in [0.25, 0.3) is 0 Å². The third-order valence-electron chi connectivity index (χ3n) is 4.13. The van der Waals surface area contributed by atoms with Crippen LogP contribution in [0.3, 0.4) is 0 Å². The summed E-state index contributed by atoms with van der Waals surface area (Å²) in [4.78, 5) is 16.4. The van der Waals surface area contributed by atoms with Gasteiger partial charge < -0.3 is 9.88 Å². The number of hydrogen-bond donors (Lipinski definition) is 1. The van der Waals surface area contributed by atoms with E-state index in [1.54, 1.807) is 29.0 Å². The van der Waals surface area contributed by atoms with Crippen molar-refractivity contribution in [3.63, 3.8) is 0 Å². The van der Waals surface area contributed by atoms with Crippen LogP contribution in [0.15, 0.2) is 47.8 Å². The van der Waals surface area contributed by atoms with Crippen molar-refractivity contribution in [2.45, 2.75) is 31.0 Å². The number of pyridine rings is 1. The second-order valence-electron chi connectivity index (χ2n) is 6.40. The summed E-state index contributed by atoms with van der Waals surface area (Å²) < 4.78 is 79.5. The maximum Gasteiger partial charge on any atom is 0.416 e. The Morgan fingerprint density at radius 1 is 1.03 bits per heavy atom. The van der Waals surface area contributed by atoms with Gasteiger partial charge in [-0.25, -0.2) is 0 Å². The van der Waals surface area contributed by atoms with E-state index < -0.39 is 35.1 Å². The predicted octanol–water partition coefficient (Wildman–Crippen LogP) is 5.13. The molecule has 0 fully saturated rings. The van der Waals surface area contributed by atoms with Crippen molar-refractivity contribution in [1.82, 2.24) is 19.7 Å². The summed E-state index contributed by atoms with van der Waals surface area (Å²) in [5, 5.41) is 10.5. The SMILES string of the molecule is CCn1c(SCC(=O)Nc2cc(C(F)(F)F)cc(C(F)(F)F)c2)nnc1-c1ccccn1. The molecule has 1 N–H and O–H groups in total. The van der Waals surface area contributed by atoms with Crippen molar-refractivity contribution < 1.29 is 31.1 Å². The van der Waals surface area contributed by atoms with Gasteiger partial charge in [0.1, 0.15) is 5.69 Å². The Morgan fingerprint density at radius 2 is 1.69 bits per heavy atom. The Labute approximate surface area is 182 Å². The quantitative estimate of drug-likeness (QED) is 0.395. The molecule has 0 bridgehead atoms. The Morgan fingerprint density at radius 3 is 2.22 bits per heavy atom. The van der Waals surface area contributed by atoms with Crippen molar-refractivity contribution in [2.75, 3.05) is 11.1 Å². The molecule has 2 aromatic heterocycles. The van der Waals surface area contributed by atoms with Crippen LogP contribution in [0.2, 0.25) is 0 Å². The first-order valence-electron chi connectivity index (χ1n) is 9.05. The van der Waals surface area contributed by atoms with E-state index in [9.17, 15) is 31.1 Å². The number of aromatic nitrogens is 4. The fourth-order valence-electron chi connectivity index (χ4n) is 2.72. The largest absolute Gasteiger partial charge is 0.416 e. The number of anilines is 1. The third kappa shape index (κ3) is 5.58. The summed E-state index contributed by atoms with van der Waals surface area (Å²) in [5.74, 6) is -0.644. The van der Waals surface area contributed by atoms with E-state index >= 15 is 0 Å². The van der Waals surface area contributed by atoms with Gasteiger partial charge in [0.05, 0.1) is 16.9 Å². The smallest absolute Gasteiger partial charge is 0.325 e. The second-order valence-corrected chi connectivity index (χ2v) is 7.34. The summed E-state index contributed by atoms with van der Waals surface area (Å²) in [5.41, 5.74) is -3.08. The molecule has 0 aliphatic heterocycles. The van der Waals surface area contributed by atoms with Crippen LogP contribution in [0.4, 0.5) is 32.0 Å². The highest BCUT2D eigenvalue weighted by Crippen LogP contribution is 2.37. The Hall–Kier alpha value is -3.09. The third-order valence-corrected chi connectivity index (χ3v) is 5.10. The number of thioether (sulfide) groups is 1. The second kappa shape index (κ2) is 9.18. The van der Waals surface area contributed by atoms with Gasteiger partial charge in [-0.2, -0.15) is 26.3 Å². The Kier molecular flexibility index (Phi) is 6.77. The zero-order chi connectivity index (χ0) is 23.5. The van der Waals surface area contributed by atoms with Crippen LogP contribution >= 0.6 is 11.8 Å². The lowest BCUT2D eigenvalue weighted by atomic mass is 10.1. The fourth-order valence-corrected chi connectivity index (χ4v) is 3.52. The molecule has 6 nitrogen and oxygen atoms in total. The van der Waals surface area contributed by atoms with E-state index in [4.69, 9.17) is 0 Å². The highest BCUT2D eigenvalue weighted by Gasteiger charge is 2.37. The van der Waals surface area contributed by atoms with Crippen LogP contribution in [0.5, 0.6) is 0 Å². The van der Waals surface area contributed by atoms with Crippen molar-refractivity contribution in [3.8, 4) is 11.5 Å². The van der Waals surface area contributed by atoms with Gasteiger partial charge in [0.2, 0.25) is 5.91 Å². The molecular weight excluding hydrogens is 460 g/mol. The van der Waals surface area contributed by atoms with E-state index in [1.807, 2.05) is 6.92 Å². The summed E-state index contributed by atoms with van der Waals surface area (Å²) in [6, 6.07) is 6.11. The van der Waals surface area contributed by atoms with Crippen LogP contribution in [-0.2, 0) is 23.7 Å². The molecule has 0 saturated carbocycles. The molecule has 0 radical (unpaired) electrons. The summed E-state index contributed by atoms with van der Waals surface area (Å²) in [6.07, 6.45) is -8.43. The molecule has 13 heteroatoms. The zero-order valence-corrected chi connectivity index (χ0v) is 17.1. The molecule has 170 valence electrons. The van der Waals surface area contributed by atoms with Gasteiger partial charge >= 0.3 is 12.4 Å². The fraction of sp³-hybridized carbons (Fsp3) is 0.263. The lowest BCUT2D eigenvalue weighted by molar-refractivity contribution is -0.143. The average Bonchev–Trinajstić information content (AvgIpc) is 3.14. The molecule has 2 heterocycles. The minimum Gasteiger partial charge on any atom is -0.325 e. The number of rotatable bonds is 6. The number of halogens is 6. The molecule has 1 amide bonds. The molecule has 0 aliphatic carbocycles. The van der Waals surface area contributed by atoms with Crippen molar-refractivity contribution in [2.24, 2.45) is 0 Å². The minimum atomic E-state index is -5.01. The standard InChI is InChI=1S/C19H15F6N5OS/c1-2-30-16(14-5-3-4-6-26-14)28-29-17(30)32-10-15(31)27-13-8-11(18(20,21)22)7-12(9-13)19(23,24)25/h3-9H,2,10H2,1H3,(H,27,31). The van der Waals surface area contributed by atoms with E-state index in [0.29, 0.717) is 35.4 Å². The van der Waals surface area contributed by atoms with Gasteiger partial charge in [-0.15, -0.1) is 10.2 Å². The van der Waals surface area contributed by atoms with Crippen LogP contribution in [0.25, 0.3) is 11.5 Å². The normalized spacial score (nSPS) is 12.1. The molecule has 3 rings (SSSR count). The molecule has 0 unspecified atom stereocenters. The van der Waals surface area contributed by atoms with Crippen molar-refractivity contribution in [3.05, 3.63) is 53.7 Å². The minimum absolute atomic E-state index is 0.00667. The number of carbonyl (C=O) groups excluding carboxylic acids is 1. The molecule has 0 atom stereocenters. The number of amides is 1. The van der Waals surface area contributed by atoms with Crippen LogP contribution in [0.1, 0.15) is 18.1 Å². The zero-order valence-electron chi connectivity index (χ0n) is 16.3. The number of benzene rings is 1. The molecular formula is C19H15F6N5OS. The average molecular weight is 475 g/mol. The van der Waals surface area contributed by atoms with Crippen molar-refractivity contribution in [1.29, 1.82) is 0 Å². The first-order chi connectivity index (χ1) is 15.0. The van der Waals surface area contributed by atoms with Gasteiger partial charge in [0.15, 0.2) is 11.0 Å². The van der Waals surface area contributed by atoms with Crippen molar-refractivity contribution >= 4 is 23.4 Å². The highest BCUT2D eigenvalue weighted by atomic mass is 32.2. The van der Waals surface area contributed by atoms with E-state index in [1.165, 1.54) is 0 Å². The number of hydrogen-bond acceptors (Lipinski definition) is 5. The molecule has 3 aromatic rings.